The highest BCUT2D eigenvalue weighted by molar-refractivity contribution is 7.56. The molecule has 4 rings (SSSR count). The van der Waals surface area contributed by atoms with Crippen LogP contribution in [0, 0.1) is 0 Å². The quantitative estimate of drug-likeness (QED) is 0.212. The lowest BCUT2D eigenvalue weighted by molar-refractivity contribution is -0.206. The maximum Gasteiger partial charge on any atom is 0.373 e. The van der Waals surface area contributed by atoms with Crippen molar-refractivity contribution in [3.05, 3.63) is 17.3 Å². The molecule has 2 aliphatic rings. The fourth-order valence-electron chi connectivity index (χ4n) is 4.81. The smallest absolute Gasteiger partial charge is 0.373 e. The Balaban J connectivity index is 1.68. The molecule has 0 radical (unpaired) electrons. The SMILES string of the molecule is CCOC(=O)C(C)(OC[C@H]1O[C@@H](n2cnc3c(C(C)N)nc(Cl)nc32)[C@@H]2OC(C)(C)O[C@@H]21)P(=O)(OCC)OCC. The third-order valence-corrected chi connectivity index (χ3v) is 9.28. The molecule has 2 fully saturated rings. The first kappa shape index (κ1) is 31.2. The van der Waals surface area contributed by atoms with Gasteiger partial charge in [0.2, 0.25) is 5.28 Å². The average Bonchev–Trinajstić information content (AvgIpc) is 3.52. The average molecular weight is 606 g/mol. The molecule has 2 unspecified atom stereocenters. The first-order valence-electron chi connectivity index (χ1n) is 13.2. The largest absolute Gasteiger partial charge is 0.463 e. The molecule has 14 nitrogen and oxygen atoms in total. The van der Waals surface area contributed by atoms with E-state index < -0.39 is 55.3 Å². The number of fused-ring (bicyclic) bond motifs is 2. The fraction of sp³-hybridized carbons (Fsp3) is 0.750. The van der Waals surface area contributed by atoms with Crippen molar-refractivity contribution >= 4 is 36.3 Å². The third-order valence-electron chi connectivity index (χ3n) is 6.56. The Morgan fingerprint density at radius 1 is 1.20 bits per heavy atom. The van der Waals surface area contributed by atoms with Crippen molar-refractivity contribution in [1.29, 1.82) is 0 Å². The van der Waals surface area contributed by atoms with E-state index >= 15 is 0 Å². The topological polar surface area (TPSA) is 168 Å². The molecular formula is C24H37ClN5O9P. The van der Waals surface area contributed by atoms with Gasteiger partial charge in [-0.3, -0.25) is 9.13 Å². The first-order valence-corrected chi connectivity index (χ1v) is 15.1. The van der Waals surface area contributed by atoms with Crippen LogP contribution in [0.2, 0.25) is 5.28 Å². The van der Waals surface area contributed by atoms with Crippen molar-refractivity contribution in [2.75, 3.05) is 26.4 Å². The Hall–Kier alpha value is -1.74. The van der Waals surface area contributed by atoms with Gasteiger partial charge in [-0.1, -0.05) is 0 Å². The van der Waals surface area contributed by atoms with Crippen LogP contribution in [0.5, 0.6) is 0 Å². The van der Waals surface area contributed by atoms with Gasteiger partial charge in [0.05, 0.1) is 38.4 Å². The van der Waals surface area contributed by atoms with Crippen LogP contribution >= 0.6 is 19.2 Å². The predicted molar refractivity (Wildman–Crippen MR) is 143 cm³/mol. The van der Waals surface area contributed by atoms with E-state index in [0.29, 0.717) is 16.9 Å². The molecule has 6 atom stereocenters. The van der Waals surface area contributed by atoms with Gasteiger partial charge in [-0.15, -0.1) is 0 Å². The van der Waals surface area contributed by atoms with E-state index in [0.717, 1.165) is 0 Å². The zero-order chi connectivity index (χ0) is 29.5. The second kappa shape index (κ2) is 11.9. The lowest BCUT2D eigenvalue weighted by Gasteiger charge is -2.34. The molecule has 0 spiro atoms. The van der Waals surface area contributed by atoms with Crippen molar-refractivity contribution in [1.82, 2.24) is 19.5 Å². The maximum absolute atomic E-state index is 13.8. The van der Waals surface area contributed by atoms with Gasteiger partial charge < -0.3 is 38.5 Å². The number of rotatable bonds is 12. The Morgan fingerprint density at radius 2 is 1.85 bits per heavy atom. The number of hydrogen-bond acceptors (Lipinski definition) is 13. The summed E-state index contributed by atoms with van der Waals surface area (Å²) < 4.78 is 56.4. The van der Waals surface area contributed by atoms with E-state index in [-0.39, 0.29) is 31.7 Å². The summed E-state index contributed by atoms with van der Waals surface area (Å²) in [6.45, 7) is 11.4. The van der Waals surface area contributed by atoms with E-state index in [1.807, 2.05) is 0 Å². The molecule has 0 amide bonds. The molecular weight excluding hydrogens is 569 g/mol. The van der Waals surface area contributed by atoms with Crippen molar-refractivity contribution in [2.45, 2.75) is 90.2 Å². The summed E-state index contributed by atoms with van der Waals surface area (Å²) in [7, 11) is -4.14. The number of aromatic nitrogens is 4. The molecule has 0 aliphatic carbocycles. The van der Waals surface area contributed by atoms with Gasteiger partial charge in [0.1, 0.15) is 23.8 Å². The minimum absolute atomic E-state index is 0.00713. The van der Waals surface area contributed by atoms with Gasteiger partial charge >= 0.3 is 13.6 Å². The standard InChI is InChI=1S/C24H37ClN5O9P/c1-8-33-21(31)24(7,40(32,35-9-2)36-10-3)34-11-14-17-18(39-23(5,6)38-17)20(37-14)30-12-27-16-15(13(4)26)28-22(25)29-19(16)30/h12-14,17-18,20H,8-11,26H2,1-7H3/t13?,14-,17-,18-,20-,24?/m1/s1. The number of nitrogens with two attached hydrogens (primary N) is 1. The van der Waals surface area contributed by atoms with Crippen LogP contribution in [0.4, 0.5) is 0 Å². The lowest BCUT2D eigenvalue weighted by atomic mass is 10.1. The molecule has 2 aromatic rings. The molecule has 16 heteroatoms. The summed E-state index contributed by atoms with van der Waals surface area (Å²) in [5.74, 6) is -1.84. The molecule has 0 bridgehead atoms. The Labute approximate surface area is 237 Å². The maximum atomic E-state index is 13.8. The lowest BCUT2D eigenvalue weighted by Crippen LogP contribution is -2.44. The summed E-state index contributed by atoms with van der Waals surface area (Å²) in [6.07, 6.45) is -1.25. The second-order valence-corrected chi connectivity index (χ2v) is 12.7. The fourth-order valence-corrected chi connectivity index (χ4v) is 6.75. The monoisotopic (exact) mass is 605 g/mol. The highest BCUT2D eigenvalue weighted by Crippen LogP contribution is 2.61. The zero-order valence-corrected chi connectivity index (χ0v) is 25.3. The number of carbonyl (C=O) groups is 1. The summed E-state index contributed by atoms with van der Waals surface area (Å²) in [6, 6.07) is -0.443. The number of imidazole rings is 1. The first-order chi connectivity index (χ1) is 18.8. The van der Waals surface area contributed by atoms with Gasteiger partial charge in [-0.2, -0.15) is 4.98 Å². The van der Waals surface area contributed by atoms with Gasteiger partial charge in [-0.25, -0.2) is 14.8 Å². The van der Waals surface area contributed by atoms with E-state index in [9.17, 15) is 9.36 Å². The van der Waals surface area contributed by atoms with Crippen molar-refractivity contribution in [3.8, 4) is 0 Å². The number of hydrogen-bond donors (Lipinski definition) is 1. The van der Waals surface area contributed by atoms with Gasteiger partial charge in [0.15, 0.2) is 17.7 Å². The molecule has 2 saturated heterocycles. The minimum Gasteiger partial charge on any atom is -0.463 e. The van der Waals surface area contributed by atoms with Crippen LogP contribution in [-0.4, -0.2) is 81.4 Å². The number of ether oxygens (including phenoxy) is 5. The third kappa shape index (κ3) is 5.66. The Morgan fingerprint density at radius 3 is 2.45 bits per heavy atom. The van der Waals surface area contributed by atoms with E-state index in [1.165, 1.54) is 6.92 Å². The van der Waals surface area contributed by atoms with Gasteiger partial charge in [0, 0.05) is 6.04 Å². The molecule has 2 aromatic heterocycles. The van der Waals surface area contributed by atoms with Crippen LogP contribution in [0.3, 0.4) is 0 Å². The second-order valence-electron chi connectivity index (χ2n) is 9.97. The molecule has 224 valence electrons. The number of halogens is 1. The normalized spacial score (nSPS) is 26.5. The summed E-state index contributed by atoms with van der Waals surface area (Å²) in [5, 5.41) is -2.07. The van der Waals surface area contributed by atoms with Crippen LogP contribution in [0.1, 0.15) is 66.4 Å². The minimum atomic E-state index is -4.14. The zero-order valence-electron chi connectivity index (χ0n) is 23.7. The molecule has 0 aromatic carbocycles. The van der Waals surface area contributed by atoms with Crippen molar-refractivity contribution < 1.29 is 42.1 Å². The van der Waals surface area contributed by atoms with Crippen LogP contribution in [0.15, 0.2) is 6.33 Å². The van der Waals surface area contributed by atoms with Gasteiger partial charge in [0.25, 0.3) is 5.34 Å². The van der Waals surface area contributed by atoms with E-state index in [1.54, 1.807) is 52.4 Å². The molecule has 0 saturated carbocycles. The van der Waals surface area contributed by atoms with Crippen molar-refractivity contribution in [3.63, 3.8) is 0 Å². The molecule has 4 heterocycles. The highest BCUT2D eigenvalue weighted by atomic mass is 35.5. The van der Waals surface area contributed by atoms with Crippen LogP contribution < -0.4 is 5.73 Å². The summed E-state index contributed by atoms with van der Waals surface area (Å²) >= 11 is 6.21. The summed E-state index contributed by atoms with van der Waals surface area (Å²) in [4.78, 5) is 26.1. The van der Waals surface area contributed by atoms with Crippen molar-refractivity contribution in [2.24, 2.45) is 5.73 Å². The number of nitrogens with zero attached hydrogens (tertiary/aromatic N) is 4. The predicted octanol–water partition coefficient (Wildman–Crippen LogP) is 3.48. The Bertz CT molecular complexity index is 1270. The number of carbonyl (C=O) groups excluding carboxylic acids is 1. The van der Waals surface area contributed by atoms with E-state index in [2.05, 4.69) is 15.0 Å². The Kier molecular flexibility index (Phi) is 9.25. The highest BCUT2D eigenvalue weighted by Gasteiger charge is 2.60. The van der Waals surface area contributed by atoms with Crippen LogP contribution in [-0.2, 0) is 42.1 Å². The molecule has 40 heavy (non-hydrogen) atoms. The molecule has 2 aliphatic heterocycles. The van der Waals surface area contributed by atoms with Crippen LogP contribution in [0.25, 0.3) is 11.2 Å². The molecule has 2 N–H and O–H groups in total. The number of esters is 1. The summed E-state index contributed by atoms with van der Waals surface area (Å²) in [5.41, 5.74) is 7.45. The van der Waals surface area contributed by atoms with Gasteiger partial charge in [-0.05, 0) is 60.1 Å². The van der Waals surface area contributed by atoms with E-state index in [4.69, 9.17) is 50.1 Å².